The summed E-state index contributed by atoms with van der Waals surface area (Å²) in [6.07, 6.45) is 5.41. The highest BCUT2D eigenvalue weighted by Crippen LogP contribution is 2.40. The molecule has 0 aromatic heterocycles. The summed E-state index contributed by atoms with van der Waals surface area (Å²) in [4.78, 5) is 15.5. The van der Waals surface area contributed by atoms with Crippen molar-refractivity contribution in [2.45, 2.75) is 34.6 Å². The molecule has 2 aliphatic heterocycles. The van der Waals surface area contributed by atoms with E-state index in [9.17, 15) is 9.90 Å². The van der Waals surface area contributed by atoms with Gasteiger partial charge in [0.2, 0.25) is 11.1 Å². The van der Waals surface area contributed by atoms with E-state index in [1.807, 2.05) is 63.4 Å². The molecule has 1 N–H and O–H groups in total. The number of ketones is 1. The first-order valence-corrected chi connectivity index (χ1v) is 13.5. The molecule has 0 unspecified atom stereocenters. The van der Waals surface area contributed by atoms with Gasteiger partial charge in [0, 0.05) is 42.0 Å². The van der Waals surface area contributed by atoms with Crippen molar-refractivity contribution in [3.63, 3.8) is 0 Å². The molecule has 1 aromatic rings. The van der Waals surface area contributed by atoms with Crippen LogP contribution in [-0.4, -0.2) is 37.6 Å². The molecule has 1 aromatic carbocycles. The Balaban J connectivity index is 1.53. The summed E-state index contributed by atoms with van der Waals surface area (Å²) in [6, 6.07) is 14.0. The largest absolute Gasteiger partial charge is 0.506 e. The lowest BCUT2D eigenvalue weighted by Gasteiger charge is -2.25. The van der Waals surface area contributed by atoms with Gasteiger partial charge in [0.25, 0.3) is 0 Å². The molecule has 0 radical (unpaired) electrons. The van der Waals surface area contributed by atoms with Gasteiger partial charge < -0.3 is 19.2 Å². The predicted octanol–water partition coefficient (Wildman–Crippen LogP) is 6.12. The summed E-state index contributed by atoms with van der Waals surface area (Å²) >= 11 is 0. The van der Waals surface area contributed by atoms with Gasteiger partial charge in [0.1, 0.15) is 42.4 Å². The maximum Gasteiger partial charge on any atom is 0.203 e. The Morgan fingerprint density at radius 2 is 1.72 bits per heavy atom. The zero-order chi connectivity index (χ0) is 27.8. The SMILES string of the molecule is CCN(CC)c1ccc2c(c1)OC(C)=C/C2=C\C1=C(O)C(=Cc2cc(C)oc3cc(=[N+](C)CC)ccc2-3)C1=O. The number of nitrogens with zero attached hydrogens (tertiary/aromatic N) is 2. The van der Waals surface area contributed by atoms with Gasteiger partial charge in [0.15, 0.2) is 0 Å². The predicted molar refractivity (Wildman–Crippen MR) is 157 cm³/mol. The summed E-state index contributed by atoms with van der Waals surface area (Å²) in [5.74, 6) is 2.76. The molecule has 0 atom stereocenters. The van der Waals surface area contributed by atoms with Gasteiger partial charge in [-0.05, 0) is 88.2 Å². The van der Waals surface area contributed by atoms with Crippen molar-refractivity contribution in [3.8, 4) is 17.1 Å². The van der Waals surface area contributed by atoms with Crippen molar-refractivity contribution in [3.05, 3.63) is 99.5 Å². The van der Waals surface area contributed by atoms with E-state index in [0.717, 1.165) is 76.0 Å². The van der Waals surface area contributed by atoms with Crippen LogP contribution in [0.3, 0.4) is 0 Å². The van der Waals surface area contributed by atoms with E-state index in [-0.39, 0.29) is 11.5 Å². The minimum absolute atomic E-state index is 0.000266. The third-order valence-corrected chi connectivity index (χ3v) is 7.45. The number of rotatable bonds is 6. The second-order valence-corrected chi connectivity index (χ2v) is 9.97. The molecular formula is C33H35N2O4+. The third-order valence-electron chi connectivity index (χ3n) is 7.45. The van der Waals surface area contributed by atoms with E-state index in [4.69, 9.17) is 9.15 Å². The van der Waals surface area contributed by atoms with E-state index in [1.165, 1.54) is 0 Å². The molecule has 0 saturated carbocycles. The van der Waals surface area contributed by atoms with Crippen LogP contribution in [0, 0.1) is 6.92 Å². The quantitative estimate of drug-likeness (QED) is 0.312. The number of Topliss-reactive ketones (excluding diaryl/α,β-unsaturated/α-hetero) is 1. The maximum absolute atomic E-state index is 13.2. The van der Waals surface area contributed by atoms with Crippen LogP contribution in [0.15, 0.2) is 81.7 Å². The Bertz CT molecular complexity index is 1640. The van der Waals surface area contributed by atoms with Crippen molar-refractivity contribution in [2.24, 2.45) is 0 Å². The topological polar surface area (TPSA) is 65.9 Å². The minimum Gasteiger partial charge on any atom is -0.506 e. The van der Waals surface area contributed by atoms with Gasteiger partial charge in [-0.2, -0.15) is 0 Å². The molecule has 6 heteroatoms. The summed E-state index contributed by atoms with van der Waals surface area (Å²) in [5.41, 5.74) is 5.13. The lowest BCUT2D eigenvalue weighted by Crippen LogP contribution is -2.25. The van der Waals surface area contributed by atoms with Gasteiger partial charge in [-0.25, -0.2) is 4.58 Å². The molecule has 39 heavy (non-hydrogen) atoms. The monoisotopic (exact) mass is 523 g/mol. The molecule has 0 fully saturated rings. The fourth-order valence-electron chi connectivity index (χ4n) is 5.13. The molecule has 0 spiro atoms. The van der Waals surface area contributed by atoms with Gasteiger partial charge in [-0.15, -0.1) is 0 Å². The number of ether oxygens (including phenoxy) is 1. The number of allylic oxidation sites excluding steroid dienone is 6. The Kier molecular flexibility index (Phi) is 7.04. The van der Waals surface area contributed by atoms with Crippen LogP contribution in [0.2, 0.25) is 0 Å². The normalized spacial score (nSPS) is 17.7. The number of aryl methyl sites for hydroxylation is 1. The average molecular weight is 524 g/mol. The summed E-state index contributed by atoms with van der Waals surface area (Å²) in [6.45, 7) is 12.8. The minimum atomic E-state index is -0.187. The molecule has 0 bridgehead atoms. The first-order chi connectivity index (χ1) is 18.7. The number of benzene rings is 2. The Labute approximate surface area is 229 Å². The van der Waals surface area contributed by atoms with E-state index in [1.54, 1.807) is 12.2 Å². The molecule has 200 valence electrons. The zero-order valence-electron chi connectivity index (χ0n) is 23.5. The second kappa shape index (κ2) is 10.4. The molecular weight excluding hydrogens is 488 g/mol. The van der Waals surface area contributed by atoms with Crippen molar-refractivity contribution < 1.29 is 19.1 Å². The number of aliphatic hydroxyl groups is 1. The van der Waals surface area contributed by atoms with E-state index >= 15 is 0 Å². The summed E-state index contributed by atoms with van der Waals surface area (Å²) in [5, 5.41) is 12.0. The van der Waals surface area contributed by atoms with Crippen molar-refractivity contribution >= 4 is 23.1 Å². The Morgan fingerprint density at radius 3 is 2.41 bits per heavy atom. The maximum atomic E-state index is 13.2. The smallest absolute Gasteiger partial charge is 0.203 e. The van der Waals surface area contributed by atoms with Gasteiger partial charge in [0.05, 0.1) is 17.2 Å². The molecule has 5 rings (SSSR count). The number of aliphatic hydroxyl groups excluding tert-OH is 1. The Morgan fingerprint density at radius 1 is 0.974 bits per heavy atom. The van der Waals surface area contributed by atoms with Crippen molar-refractivity contribution in [2.75, 3.05) is 31.6 Å². The number of carbonyl (C=O) groups is 1. The second-order valence-electron chi connectivity index (χ2n) is 9.97. The lowest BCUT2D eigenvalue weighted by atomic mass is 9.84. The van der Waals surface area contributed by atoms with Gasteiger partial charge in [-0.3, -0.25) is 4.79 Å². The lowest BCUT2D eigenvalue weighted by molar-refractivity contribution is -0.113. The van der Waals surface area contributed by atoms with Gasteiger partial charge >= 0.3 is 0 Å². The molecule has 2 heterocycles. The highest BCUT2D eigenvalue weighted by atomic mass is 16.5. The first-order valence-electron chi connectivity index (χ1n) is 13.5. The molecule has 6 nitrogen and oxygen atoms in total. The zero-order valence-corrected chi connectivity index (χ0v) is 23.5. The number of carbonyl (C=O) groups excluding carboxylic acids is 1. The van der Waals surface area contributed by atoms with Crippen molar-refractivity contribution in [1.29, 1.82) is 0 Å². The summed E-state index contributed by atoms with van der Waals surface area (Å²) < 4.78 is 14.1. The molecule has 2 aliphatic carbocycles. The van der Waals surface area contributed by atoms with E-state index < -0.39 is 0 Å². The highest BCUT2D eigenvalue weighted by molar-refractivity contribution is 6.24. The number of anilines is 1. The van der Waals surface area contributed by atoms with Crippen LogP contribution in [0.5, 0.6) is 5.75 Å². The van der Waals surface area contributed by atoms with Crippen LogP contribution >= 0.6 is 0 Å². The summed E-state index contributed by atoms with van der Waals surface area (Å²) in [7, 11) is 2.03. The first kappa shape index (κ1) is 26.3. The van der Waals surface area contributed by atoms with Crippen LogP contribution in [0.25, 0.3) is 23.0 Å². The molecule has 0 amide bonds. The Hall–Kier alpha value is -4.32. The standard InChI is InChI=1S/C33H34N2O4/c1-7-34(6)24-10-12-26-22(14-20(4)38-30(26)18-24)16-28-32(36)29(33(28)37)17-23-15-21(5)39-31-19-25(11-13-27(23)31)35(8-2)9-3/h10-19H,7-9H2,1-6H3/p+1. The highest BCUT2D eigenvalue weighted by Gasteiger charge is 2.33. The van der Waals surface area contributed by atoms with Crippen LogP contribution in [-0.2, 0) is 4.79 Å². The molecule has 0 saturated heterocycles. The number of hydrogen-bond acceptors (Lipinski definition) is 5. The van der Waals surface area contributed by atoms with Crippen molar-refractivity contribution in [1.82, 2.24) is 4.58 Å². The van der Waals surface area contributed by atoms with Crippen LogP contribution in [0.1, 0.15) is 44.6 Å². The molecule has 4 aliphatic rings. The van der Waals surface area contributed by atoms with E-state index in [0.29, 0.717) is 11.1 Å². The van der Waals surface area contributed by atoms with Gasteiger partial charge in [-0.1, -0.05) is 0 Å². The fraction of sp³-hybridized carbons (Fsp3) is 0.273. The fourth-order valence-corrected chi connectivity index (χ4v) is 5.13. The van der Waals surface area contributed by atoms with Crippen LogP contribution in [0.4, 0.5) is 5.69 Å². The van der Waals surface area contributed by atoms with Crippen LogP contribution < -0.4 is 19.6 Å². The average Bonchev–Trinajstić information content (AvgIpc) is 2.93. The number of fused-ring (bicyclic) bond motifs is 2. The third kappa shape index (κ3) is 4.83. The van der Waals surface area contributed by atoms with E-state index in [2.05, 4.69) is 36.3 Å². The number of hydrogen-bond donors (Lipinski definition) is 1.